The molecule has 0 aliphatic carbocycles. The largest absolute Gasteiger partial charge is 0.547 e. The number of aromatic nitrogens is 1. The van der Waals surface area contributed by atoms with E-state index in [0.717, 1.165) is 23.5 Å². The highest BCUT2D eigenvalue weighted by molar-refractivity contribution is 7.60. The molecule has 1 aliphatic rings. The summed E-state index contributed by atoms with van der Waals surface area (Å²) in [5, 5.41) is 28.2. The highest BCUT2D eigenvalue weighted by Gasteiger charge is 2.39. The Balaban J connectivity index is 1.60. The summed E-state index contributed by atoms with van der Waals surface area (Å²) < 4.78 is 31.5. The second-order valence-corrected chi connectivity index (χ2v) is 10.9. The van der Waals surface area contributed by atoms with Gasteiger partial charge in [0.25, 0.3) is 0 Å². The number of fused-ring (bicyclic) bond motifs is 1. The van der Waals surface area contributed by atoms with Crippen molar-refractivity contribution < 1.29 is 47.9 Å². The number of anilines is 1. The average Bonchev–Trinajstić information content (AvgIpc) is 3.25. The summed E-state index contributed by atoms with van der Waals surface area (Å²) in [7, 11) is -6.62. The van der Waals surface area contributed by atoms with Gasteiger partial charge < -0.3 is 35.2 Å². The van der Waals surface area contributed by atoms with Crippen LogP contribution in [-0.4, -0.2) is 55.9 Å². The Labute approximate surface area is 224 Å². The molecule has 0 spiro atoms. The minimum atomic E-state index is -4.95. The molecule has 0 saturated heterocycles. The third-order valence-electron chi connectivity index (χ3n) is 5.67. The maximum absolute atomic E-state index is 14.6. The number of aryl methyl sites for hydroxylation is 1. The van der Waals surface area contributed by atoms with Crippen LogP contribution in [-0.2, 0) is 15.8 Å². The predicted molar refractivity (Wildman–Crippen MR) is 137 cm³/mol. The van der Waals surface area contributed by atoms with Crippen LogP contribution in [0.5, 0.6) is 5.75 Å². The van der Waals surface area contributed by atoms with Gasteiger partial charge in [-0.05, 0) is 42.7 Å². The molecular formula is C22H21BFN4O9PS. The van der Waals surface area contributed by atoms with E-state index >= 15 is 0 Å². The smallest absolute Gasteiger partial charge is 0.534 e. The summed E-state index contributed by atoms with van der Waals surface area (Å²) >= 11 is 1.12. The van der Waals surface area contributed by atoms with E-state index in [9.17, 15) is 43.3 Å². The van der Waals surface area contributed by atoms with Crippen molar-refractivity contribution in [3.8, 4) is 5.75 Å². The van der Waals surface area contributed by atoms with Crippen molar-refractivity contribution in [2.45, 2.75) is 25.3 Å². The maximum Gasteiger partial charge on any atom is 0.547 e. The van der Waals surface area contributed by atoms with Crippen molar-refractivity contribution in [2.24, 2.45) is 0 Å². The van der Waals surface area contributed by atoms with Gasteiger partial charge in [0.2, 0.25) is 5.91 Å². The number of amides is 3. The van der Waals surface area contributed by atoms with Crippen LogP contribution < -0.4 is 25.9 Å². The van der Waals surface area contributed by atoms with Gasteiger partial charge in [-0.15, -0.1) is 11.3 Å². The molecule has 0 unspecified atom stereocenters. The number of benzene rings is 2. The first-order chi connectivity index (χ1) is 18.3. The second kappa shape index (κ2) is 11.1. The van der Waals surface area contributed by atoms with Crippen molar-refractivity contribution >= 4 is 54.4 Å². The lowest BCUT2D eigenvalue weighted by molar-refractivity contribution is -0.123. The van der Waals surface area contributed by atoms with Crippen LogP contribution in [0.3, 0.4) is 0 Å². The van der Waals surface area contributed by atoms with Crippen molar-refractivity contribution in [3.05, 3.63) is 70.0 Å². The molecule has 17 heteroatoms. The lowest BCUT2D eigenvalue weighted by atomic mass is 9.72. The molecule has 7 N–H and O–H groups in total. The molecule has 4 rings (SSSR count). The number of carboxylic acid groups (broad SMARTS) is 1. The third-order valence-corrected chi connectivity index (χ3v) is 7.54. The second-order valence-electron chi connectivity index (χ2n) is 8.51. The fraction of sp³-hybridized carbons (Fsp3) is 0.182. The Bertz CT molecular complexity index is 1500. The molecule has 1 aromatic heterocycles. The van der Waals surface area contributed by atoms with Gasteiger partial charge in [-0.1, -0.05) is 18.2 Å². The molecule has 0 saturated carbocycles. The molecule has 39 heavy (non-hydrogen) atoms. The van der Waals surface area contributed by atoms with E-state index in [-0.39, 0.29) is 28.4 Å². The summed E-state index contributed by atoms with van der Waals surface area (Å²) in [4.78, 5) is 60.2. The molecule has 0 bridgehead atoms. The minimum Gasteiger partial charge on any atom is -0.534 e. The average molecular weight is 578 g/mol. The molecule has 2 atom stereocenters. The first-order valence-corrected chi connectivity index (χ1v) is 13.7. The van der Waals surface area contributed by atoms with E-state index in [4.69, 9.17) is 4.65 Å². The summed E-state index contributed by atoms with van der Waals surface area (Å²) in [6.45, 7) is 1.70. The first kappa shape index (κ1) is 28.2. The molecule has 2 aromatic carbocycles. The Hall–Kier alpha value is -3.82. The quantitative estimate of drug-likeness (QED) is 0.157. The molecule has 0 fully saturated rings. The van der Waals surface area contributed by atoms with Crippen LogP contribution in [0.1, 0.15) is 33.2 Å². The van der Waals surface area contributed by atoms with Crippen molar-refractivity contribution in [1.82, 2.24) is 15.6 Å². The van der Waals surface area contributed by atoms with Gasteiger partial charge in [0.15, 0.2) is 5.13 Å². The number of carbonyl (C=O) groups excluding carboxylic acids is 2. The molecule has 3 amide bonds. The van der Waals surface area contributed by atoms with E-state index < -0.39 is 55.7 Å². The van der Waals surface area contributed by atoms with Crippen molar-refractivity contribution in [3.63, 3.8) is 0 Å². The monoisotopic (exact) mass is 578 g/mol. The Morgan fingerprint density at radius 3 is 2.62 bits per heavy atom. The van der Waals surface area contributed by atoms with Crippen LogP contribution in [0.25, 0.3) is 0 Å². The van der Waals surface area contributed by atoms with E-state index in [1.54, 1.807) is 18.4 Å². The van der Waals surface area contributed by atoms with Crippen molar-refractivity contribution in [2.75, 3.05) is 5.32 Å². The first-order valence-electron chi connectivity index (χ1n) is 11.2. The number of nitrogens with one attached hydrogen (secondary N) is 3. The Kier molecular flexibility index (Phi) is 8.04. The molecule has 2 heterocycles. The summed E-state index contributed by atoms with van der Waals surface area (Å²) in [5.74, 6) is -4.64. The highest BCUT2D eigenvalue weighted by Crippen LogP contribution is 2.35. The van der Waals surface area contributed by atoms with Gasteiger partial charge in [-0.3, -0.25) is 14.7 Å². The number of rotatable bonds is 7. The van der Waals surface area contributed by atoms with Crippen LogP contribution in [0, 0.1) is 12.7 Å². The van der Waals surface area contributed by atoms with Gasteiger partial charge in [-0.2, -0.15) is 0 Å². The molecule has 1 aliphatic heterocycles. The van der Waals surface area contributed by atoms with Crippen LogP contribution in [0.4, 0.5) is 14.3 Å². The third kappa shape index (κ3) is 6.43. The number of hydrogen-bond acceptors (Lipinski definition) is 8. The molecule has 3 aromatic rings. The van der Waals surface area contributed by atoms with E-state index in [2.05, 4.69) is 20.9 Å². The number of carbonyl (C=O) groups is 3. The van der Waals surface area contributed by atoms with E-state index in [1.165, 1.54) is 12.1 Å². The number of halogens is 1. The zero-order valence-electron chi connectivity index (χ0n) is 20.0. The number of hydrogen-bond donors (Lipinski definition) is 7. The zero-order chi connectivity index (χ0) is 28.5. The van der Waals surface area contributed by atoms with Gasteiger partial charge in [-0.25, -0.2) is 19.0 Å². The van der Waals surface area contributed by atoms with E-state index in [1.807, 2.05) is 0 Å². The fourth-order valence-corrected chi connectivity index (χ4v) is 5.19. The lowest BCUT2D eigenvalue weighted by Gasteiger charge is -2.30. The molecule has 0 radical (unpaired) electrons. The summed E-state index contributed by atoms with van der Waals surface area (Å²) in [6, 6.07) is 4.42. The minimum absolute atomic E-state index is 0.0355. The highest BCUT2D eigenvalue weighted by atomic mass is 32.1. The topological polar surface area (TPSA) is 207 Å². The number of aromatic carboxylic acids is 1. The number of urea groups is 1. The maximum atomic E-state index is 14.6. The van der Waals surface area contributed by atoms with Crippen LogP contribution in [0.2, 0.25) is 0 Å². The summed E-state index contributed by atoms with van der Waals surface area (Å²) in [6.07, 6.45) is -0.0355. The van der Waals surface area contributed by atoms with Gasteiger partial charge in [0.05, 0.1) is 22.5 Å². The lowest BCUT2D eigenvalue weighted by Crippen LogP contribution is -2.55. The van der Waals surface area contributed by atoms with Gasteiger partial charge in [0, 0.05) is 5.38 Å². The zero-order valence-corrected chi connectivity index (χ0v) is 21.7. The number of thiazole rings is 1. The van der Waals surface area contributed by atoms with Gasteiger partial charge >= 0.3 is 26.7 Å². The van der Waals surface area contributed by atoms with Crippen LogP contribution in [0.15, 0.2) is 41.8 Å². The summed E-state index contributed by atoms with van der Waals surface area (Å²) in [5.41, 5.74) is 0.694. The Morgan fingerprint density at radius 2 is 2.00 bits per heavy atom. The van der Waals surface area contributed by atoms with E-state index in [0.29, 0.717) is 17.3 Å². The standard InChI is InChI=1S/C22H21BFN4O9PS/c1-10-9-39-22(25-10)28-21(32)27-17(11-5-6-15(14(24)7-11)38(34,35)36)19(29)26-16-8-12-3-2-4-13(20(30)31)18(12)37-23(16)33/h2-7,9,16-17,33H,8H2,1H3,(H,26,29)(H,30,31)(H2,34,35,36)(H2,25,27,28,32)/t16-,17+/m0/s1. The number of carboxylic acids is 1. The number of nitrogens with zero attached hydrogens (tertiary/aromatic N) is 1. The fourth-order valence-electron chi connectivity index (χ4n) is 3.90. The van der Waals surface area contributed by atoms with Crippen molar-refractivity contribution in [1.29, 1.82) is 0 Å². The predicted octanol–water partition coefficient (Wildman–Crippen LogP) is 1.09. The molecule has 13 nitrogen and oxygen atoms in total. The Morgan fingerprint density at radius 1 is 1.26 bits per heavy atom. The normalized spacial score (nSPS) is 15.5. The number of para-hydroxylation sites is 1. The van der Waals surface area contributed by atoms with Crippen LogP contribution >= 0.6 is 18.9 Å². The van der Waals surface area contributed by atoms with Gasteiger partial charge in [0.1, 0.15) is 17.6 Å². The SMILES string of the molecule is Cc1csc(NC(=O)N[C@@H](C(=O)N[C@H]2Cc3cccc(C(=O)O)c3OB2O)c2ccc(P(=O)(O)O)c(F)c2)n1. The molecular weight excluding hydrogens is 557 g/mol. The molecule has 204 valence electrons.